The van der Waals surface area contributed by atoms with Gasteiger partial charge in [-0.05, 0) is 32.4 Å². The van der Waals surface area contributed by atoms with Crippen LogP contribution in [0.1, 0.15) is 25.3 Å². The number of likely N-dealkylation sites (tertiary alicyclic amines) is 1. The lowest BCUT2D eigenvalue weighted by atomic mass is 9.97. The zero-order valence-electron chi connectivity index (χ0n) is 11.6. The molecule has 3 nitrogen and oxygen atoms in total. The maximum atomic E-state index is 12.8. The number of rotatable bonds is 4. The van der Waals surface area contributed by atoms with E-state index >= 15 is 0 Å². The van der Waals surface area contributed by atoms with Gasteiger partial charge in [0.2, 0.25) is 0 Å². The van der Waals surface area contributed by atoms with Crippen LogP contribution in [0.3, 0.4) is 0 Å². The Morgan fingerprint density at radius 2 is 2.25 bits per heavy atom. The highest BCUT2D eigenvalue weighted by Gasteiger charge is 2.41. The van der Waals surface area contributed by atoms with Crippen molar-refractivity contribution in [1.82, 2.24) is 9.88 Å². The Morgan fingerprint density at radius 3 is 2.95 bits per heavy atom. The molecule has 0 aromatic carbocycles. The predicted octanol–water partition coefficient (Wildman–Crippen LogP) is 3.29. The van der Waals surface area contributed by atoms with Crippen molar-refractivity contribution in [3.63, 3.8) is 0 Å². The lowest BCUT2D eigenvalue weighted by molar-refractivity contribution is -0.187. The van der Waals surface area contributed by atoms with Crippen molar-refractivity contribution in [2.24, 2.45) is 5.92 Å². The van der Waals surface area contributed by atoms with Gasteiger partial charge in [-0.15, -0.1) is 0 Å². The molecule has 2 heterocycles. The summed E-state index contributed by atoms with van der Waals surface area (Å²) in [5.41, 5.74) is 0.956. The summed E-state index contributed by atoms with van der Waals surface area (Å²) in [6, 6.07) is 3.74. The van der Waals surface area contributed by atoms with E-state index in [9.17, 15) is 13.2 Å². The summed E-state index contributed by atoms with van der Waals surface area (Å²) >= 11 is 0. The van der Waals surface area contributed by atoms with E-state index in [1.165, 1.54) is 0 Å². The van der Waals surface area contributed by atoms with Gasteiger partial charge in [-0.3, -0.25) is 4.90 Å². The van der Waals surface area contributed by atoms with E-state index in [1.807, 2.05) is 24.0 Å². The Balaban J connectivity index is 2.03. The quantitative estimate of drug-likeness (QED) is 0.921. The molecule has 6 heteroatoms. The van der Waals surface area contributed by atoms with Gasteiger partial charge in [-0.2, -0.15) is 13.2 Å². The molecule has 1 atom stereocenters. The number of pyridine rings is 1. The molecule has 0 bridgehead atoms. The number of nitrogens with one attached hydrogen (secondary N) is 1. The third-order valence-corrected chi connectivity index (χ3v) is 3.60. The van der Waals surface area contributed by atoms with Crippen LogP contribution in [-0.2, 0) is 6.54 Å². The second-order valence-corrected chi connectivity index (χ2v) is 5.16. The molecule has 1 aromatic heterocycles. The summed E-state index contributed by atoms with van der Waals surface area (Å²) in [6.07, 6.45) is -1.55. The Labute approximate surface area is 117 Å². The van der Waals surface area contributed by atoms with Crippen LogP contribution in [0, 0.1) is 5.92 Å². The molecule has 1 aliphatic heterocycles. The molecule has 2 rings (SSSR count). The van der Waals surface area contributed by atoms with Crippen molar-refractivity contribution >= 4 is 5.82 Å². The number of alkyl halides is 3. The third-order valence-electron chi connectivity index (χ3n) is 3.60. The van der Waals surface area contributed by atoms with E-state index in [0.29, 0.717) is 19.5 Å². The number of nitrogens with zero attached hydrogens (tertiary/aromatic N) is 2. The van der Waals surface area contributed by atoms with Crippen LogP contribution in [0.5, 0.6) is 0 Å². The first-order valence-corrected chi connectivity index (χ1v) is 6.97. The lowest BCUT2D eigenvalue weighted by Crippen LogP contribution is -2.41. The highest BCUT2D eigenvalue weighted by Crippen LogP contribution is 2.33. The molecule has 20 heavy (non-hydrogen) atoms. The van der Waals surface area contributed by atoms with Gasteiger partial charge in [-0.1, -0.05) is 6.07 Å². The maximum Gasteiger partial charge on any atom is 0.393 e. The van der Waals surface area contributed by atoms with Crippen LogP contribution in [0.25, 0.3) is 0 Å². The lowest BCUT2D eigenvalue weighted by Gasteiger charge is -2.33. The molecule has 1 unspecified atom stereocenters. The third kappa shape index (κ3) is 3.85. The van der Waals surface area contributed by atoms with Crippen LogP contribution in [0.2, 0.25) is 0 Å². The maximum absolute atomic E-state index is 12.8. The van der Waals surface area contributed by atoms with Crippen LogP contribution in [0.15, 0.2) is 18.3 Å². The fourth-order valence-corrected chi connectivity index (χ4v) is 2.60. The van der Waals surface area contributed by atoms with Crippen LogP contribution >= 0.6 is 0 Å². The smallest absolute Gasteiger partial charge is 0.370 e. The molecular weight excluding hydrogens is 267 g/mol. The van der Waals surface area contributed by atoms with Gasteiger partial charge in [0.05, 0.1) is 5.92 Å². The van der Waals surface area contributed by atoms with E-state index in [1.54, 1.807) is 6.20 Å². The molecule has 0 amide bonds. The van der Waals surface area contributed by atoms with Crippen molar-refractivity contribution in [2.75, 3.05) is 25.0 Å². The highest BCUT2D eigenvalue weighted by molar-refractivity contribution is 5.43. The Hall–Kier alpha value is -1.30. The Kier molecular flexibility index (Phi) is 4.86. The van der Waals surface area contributed by atoms with Gasteiger partial charge in [0.25, 0.3) is 0 Å². The molecule has 112 valence electrons. The van der Waals surface area contributed by atoms with Gasteiger partial charge in [0.1, 0.15) is 5.82 Å². The van der Waals surface area contributed by atoms with Gasteiger partial charge in [0, 0.05) is 31.4 Å². The molecule has 1 saturated heterocycles. The van der Waals surface area contributed by atoms with E-state index in [-0.39, 0.29) is 13.0 Å². The van der Waals surface area contributed by atoms with E-state index in [0.717, 1.165) is 17.9 Å². The number of hydrogen-bond acceptors (Lipinski definition) is 3. The first-order chi connectivity index (χ1) is 9.50. The first-order valence-electron chi connectivity index (χ1n) is 6.97. The van der Waals surface area contributed by atoms with Gasteiger partial charge in [0.15, 0.2) is 0 Å². The summed E-state index contributed by atoms with van der Waals surface area (Å²) < 4.78 is 38.4. The molecule has 1 fully saturated rings. The summed E-state index contributed by atoms with van der Waals surface area (Å²) in [4.78, 5) is 6.12. The minimum atomic E-state index is -4.09. The van der Waals surface area contributed by atoms with Crippen molar-refractivity contribution in [2.45, 2.75) is 32.5 Å². The Bertz CT molecular complexity index is 434. The summed E-state index contributed by atoms with van der Waals surface area (Å²) in [5, 5.41) is 3.15. The molecule has 0 saturated carbocycles. The second-order valence-electron chi connectivity index (χ2n) is 5.16. The van der Waals surface area contributed by atoms with Crippen molar-refractivity contribution in [1.29, 1.82) is 0 Å². The average Bonchev–Trinajstić information content (AvgIpc) is 2.41. The first kappa shape index (κ1) is 15.1. The normalized spacial score (nSPS) is 20.9. The minimum Gasteiger partial charge on any atom is -0.370 e. The standard InChI is InChI=1S/C14H20F3N3/c1-2-18-13-11(5-3-7-19-13)9-20-8-4-6-12(10-20)14(15,16)17/h3,5,7,12H,2,4,6,8-10H2,1H3,(H,18,19). The molecule has 0 aliphatic carbocycles. The number of anilines is 1. The SMILES string of the molecule is CCNc1ncccc1CN1CCCC(C(F)(F)F)C1. The molecule has 1 aliphatic rings. The van der Waals surface area contributed by atoms with E-state index in [2.05, 4.69) is 10.3 Å². The van der Waals surface area contributed by atoms with Crippen LogP contribution in [0.4, 0.5) is 19.0 Å². The van der Waals surface area contributed by atoms with Crippen molar-refractivity contribution < 1.29 is 13.2 Å². The molecule has 1 N–H and O–H groups in total. The topological polar surface area (TPSA) is 28.2 Å². The number of hydrogen-bond donors (Lipinski definition) is 1. The Morgan fingerprint density at radius 1 is 1.45 bits per heavy atom. The number of piperidine rings is 1. The predicted molar refractivity (Wildman–Crippen MR) is 72.5 cm³/mol. The monoisotopic (exact) mass is 287 g/mol. The largest absolute Gasteiger partial charge is 0.393 e. The van der Waals surface area contributed by atoms with Crippen LogP contribution in [-0.4, -0.2) is 35.7 Å². The average molecular weight is 287 g/mol. The van der Waals surface area contributed by atoms with E-state index < -0.39 is 12.1 Å². The van der Waals surface area contributed by atoms with Crippen molar-refractivity contribution in [3.8, 4) is 0 Å². The van der Waals surface area contributed by atoms with Gasteiger partial charge >= 0.3 is 6.18 Å². The molecular formula is C14H20F3N3. The summed E-state index contributed by atoms with van der Waals surface area (Å²) in [5.74, 6) is -0.431. The molecule has 1 aromatic rings. The zero-order chi connectivity index (χ0) is 14.6. The fraction of sp³-hybridized carbons (Fsp3) is 0.643. The zero-order valence-corrected chi connectivity index (χ0v) is 11.6. The van der Waals surface area contributed by atoms with Crippen LogP contribution < -0.4 is 5.32 Å². The molecule has 0 radical (unpaired) electrons. The minimum absolute atomic E-state index is 0.0873. The number of halogens is 3. The summed E-state index contributed by atoms with van der Waals surface area (Å²) in [6.45, 7) is 4.04. The highest BCUT2D eigenvalue weighted by atomic mass is 19.4. The number of aromatic nitrogens is 1. The van der Waals surface area contributed by atoms with Gasteiger partial charge in [-0.25, -0.2) is 4.98 Å². The van der Waals surface area contributed by atoms with E-state index in [4.69, 9.17) is 0 Å². The second kappa shape index (κ2) is 6.43. The fourth-order valence-electron chi connectivity index (χ4n) is 2.60. The molecule has 0 spiro atoms. The summed E-state index contributed by atoms with van der Waals surface area (Å²) in [7, 11) is 0. The van der Waals surface area contributed by atoms with Crippen molar-refractivity contribution in [3.05, 3.63) is 23.9 Å². The van der Waals surface area contributed by atoms with Gasteiger partial charge < -0.3 is 5.32 Å².